The van der Waals surface area contributed by atoms with Crippen molar-refractivity contribution in [3.8, 4) is 0 Å². The van der Waals surface area contributed by atoms with Crippen molar-refractivity contribution < 1.29 is 17.6 Å². The standard InChI is InChI=1S/C8H11F3N2O/c1-4(2)6-7(8(9,10)11)13-5(3-12)14-6/h4H,3,12H2,1-2H3. The molecule has 6 heteroatoms. The van der Waals surface area contributed by atoms with E-state index >= 15 is 0 Å². The lowest BCUT2D eigenvalue weighted by Gasteiger charge is -2.06. The van der Waals surface area contributed by atoms with E-state index in [1.54, 1.807) is 13.8 Å². The van der Waals surface area contributed by atoms with Gasteiger partial charge < -0.3 is 10.2 Å². The van der Waals surface area contributed by atoms with Crippen LogP contribution >= 0.6 is 0 Å². The van der Waals surface area contributed by atoms with Crippen molar-refractivity contribution in [2.75, 3.05) is 0 Å². The van der Waals surface area contributed by atoms with Crippen molar-refractivity contribution in [1.82, 2.24) is 4.98 Å². The van der Waals surface area contributed by atoms with Crippen molar-refractivity contribution in [3.63, 3.8) is 0 Å². The number of nitrogens with zero attached hydrogens (tertiary/aromatic N) is 1. The summed E-state index contributed by atoms with van der Waals surface area (Å²) in [4.78, 5) is 3.30. The van der Waals surface area contributed by atoms with Crippen LogP contribution in [0.1, 0.15) is 37.1 Å². The number of alkyl halides is 3. The van der Waals surface area contributed by atoms with Crippen LogP contribution < -0.4 is 5.73 Å². The third kappa shape index (κ3) is 2.06. The molecule has 0 saturated heterocycles. The lowest BCUT2D eigenvalue weighted by atomic mass is 10.1. The average Bonchev–Trinajstić information content (AvgIpc) is 2.46. The number of halogens is 3. The quantitative estimate of drug-likeness (QED) is 0.811. The Morgan fingerprint density at radius 1 is 1.43 bits per heavy atom. The second kappa shape index (κ2) is 3.61. The highest BCUT2D eigenvalue weighted by atomic mass is 19.4. The van der Waals surface area contributed by atoms with E-state index in [1.165, 1.54) is 0 Å². The van der Waals surface area contributed by atoms with Crippen LogP contribution in [0.2, 0.25) is 0 Å². The summed E-state index contributed by atoms with van der Waals surface area (Å²) in [6, 6.07) is 0. The lowest BCUT2D eigenvalue weighted by molar-refractivity contribution is -0.142. The molecular formula is C8H11F3N2O. The molecule has 1 aromatic rings. The number of nitrogens with two attached hydrogens (primary N) is 1. The van der Waals surface area contributed by atoms with Crippen LogP contribution in [0.4, 0.5) is 13.2 Å². The highest BCUT2D eigenvalue weighted by Crippen LogP contribution is 2.34. The zero-order valence-corrected chi connectivity index (χ0v) is 7.85. The van der Waals surface area contributed by atoms with E-state index < -0.39 is 11.9 Å². The molecule has 0 unspecified atom stereocenters. The summed E-state index contributed by atoms with van der Waals surface area (Å²) in [7, 11) is 0. The second-order valence-corrected chi connectivity index (χ2v) is 3.18. The first-order valence-electron chi connectivity index (χ1n) is 4.13. The fourth-order valence-corrected chi connectivity index (χ4v) is 1.06. The first kappa shape index (κ1) is 11.0. The van der Waals surface area contributed by atoms with Gasteiger partial charge in [-0.05, 0) is 0 Å². The summed E-state index contributed by atoms with van der Waals surface area (Å²) in [5.41, 5.74) is 4.19. The van der Waals surface area contributed by atoms with Gasteiger partial charge in [-0.1, -0.05) is 13.8 Å². The van der Waals surface area contributed by atoms with Crippen molar-refractivity contribution >= 4 is 0 Å². The molecular weight excluding hydrogens is 197 g/mol. The summed E-state index contributed by atoms with van der Waals surface area (Å²) < 4.78 is 42.1. The Kier molecular flexibility index (Phi) is 2.84. The summed E-state index contributed by atoms with van der Waals surface area (Å²) in [5.74, 6) is -0.599. The van der Waals surface area contributed by atoms with Gasteiger partial charge in [0, 0.05) is 5.92 Å². The summed E-state index contributed by atoms with van der Waals surface area (Å²) in [6.45, 7) is 3.09. The SMILES string of the molecule is CC(C)c1oc(CN)nc1C(F)(F)F. The van der Waals surface area contributed by atoms with Crippen LogP contribution in [-0.2, 0) is 12.7 Å². The van der Waals surface area contributed by atoms with Crippen molar-refractivity contribution in [2.45, 2.75) is 32.5 Å². The van der Waals surface area contributed by atoms with Crippen LogP contribution in [0.25, 0.3) is 0 Å². The van der Waals surface area contributed by atoms with Crippen molar-refractivity contribution in [3.05, 3.63) is 17.3 Å². The van der Waals surface area contributed by atoms with Gasteiger partial charge in [0.2, 0.25) is 5.89 Å². The maximum absolute atomic E-state index is 12.4. The number of aromatic nitrogens is 1. The van der Waals surface area contributed by atoms with Crippen molar-refractivity contribution in [2.24, 2.45) is 5.73 Å². The van der Waals surface area contributed by atoms with Crippen LogP contribution in [-0.4, -0.2) is 4.98 Å². The molecule has 0 saturated carbocycles. The molecule has 0 aliphatic heterocycles. The first-order valence-corrected chi connectivity index (χ1v) is 4.13. The zero-order valence-electron chi connectivity index (χ0n) is 7.85. The first-order chi connectivity index (χ1) is 6.36. The second-order valence-electron chi connectivity index (χ2n) is 3.18. The predicted octanol–water partition coefficient (Wildman–Crippen LogP) is 2.28. The Labute approximate surface area is 79.1 Å². The van der Waals surface area contributed by atoms with Gasteiger partial charge >= 0.3 is 6.18 Å². The highest BCUT2D eigenvalue weighted by molar-refractivity contribution is 5.16. The largest absolute Gasteiger partial charge is 0.443 e. The maximum atomic E-state index is 12.4. The molecule has 0 aliphatic rings. The van der Waals surface area contributed by atoms with E-state index in [0.717, 1.165) is 0 Å². The Morgan fingerprint density at radius 2 is 2.00 bits per heavy atom. The molecule has 0 radical (unpaired) electrons. The molecule has 0 spiro atoms. The van der Waals surface area contributed by atoms with Gasteiger partial charge in [-0.3, -0.25) is 0 Å². The molecule has 80 valence electrons. The number of rotatable bonds is 2. The minimum Gasteiger partial charge on any atom is -0.443 e. The highest BCUT2D eigenvalue weighted by Gasteiger charge is 2.39. The molecule has 1 heterocycles. The van der Waals surface area contributed by atoms with Gasteiger partial charge in [-0.15, -0.1) is 0 Å². The molecule has 1 rings (SSSR count). The maximum Gasteiger partial charge on any atom is 0.436 e. The van der Waals surface area contributed by atoms with E-state index in [9.17, 15) is 13.2 Å². The Hall–Kier alpha value is -1.04. The Balaban J connectivity index is 3.19. The molecule has 3 nitrogen and oxygen atoms in total. The van der Waals surface area contributed by atoms with E-state index in [2.05, 4.69) is 4.98 Å². The van der Waals surface area contributed by atoms with Gasteiger partial charge in [0.05, 0.1) is 6.54 Å². The van der Waals surface area contributed by atoms with Crippen LogP contribution in [0.5, 0.6) is 0 Å². The molecule has 0 atom stereocenters. The fourth-order valence-electron chi connectivity index (χ4n) is 1.06. The number of hydrogen-bond donors (Lipinski definition) is 1. The van der Waals surface area contributed by atoms with Gasteiger partial charge in [0.1, 0.15) is 5.76 Å². The van der Waals surface area contributed by atoms with E-state index in [4.69, 9.17) is 10.2 Å². The number of hydrogen-bond acceptors (Lipinski definition) is 3. The number of oxazole rings is 1. The Bertz CT molecular complexity index is 317. The van der Waals surface area contributed by atoms with Gasteiger partial charge in [-0.25, -0.2) is 4.98 Å². The monoisotopic (exact) mass is 208 g/mol. The smallest absolute Gasteiger partial charge is 0.436 e. The molecule has 0 amide bonds. The van der Waals surface area contributed by atoms with E-state index in [0.29, 0.717) is 0 Å². The van der Waals surface area contributed by atoms with Crippen LogP contribution in [0.15, 0.2) is 4.42 Å². The van der Waals surface area contributed by atoms with Crippen LogP contribution in [0, 0.1) is 0 Å². The fraction of sp³-hybridized carbons (Fsp3) is 0.625. The summed E-state index contributed by atoms with van der Waals surface area (Å²) in [6.07, 6.45) is -4.48. The third-order valence-corrected chi connectivity index (χ3v) is 1.67. The van der Waals surface area contributed by atoms with E-state index in [-0.39, 0.29) is 24.1 Å². The third-order valence-electron chi connectivity index (χ3n) is 1.67. The normalized spacial score (nSPS) is 12.5. The lowest BCUT2D eigenvalue weighted by Crippen LogP contribution is -2.09. The molecule has 2 N–H and O–H groups in total. The van der Waals surface area contributed by atoms with E-state index in [1.807, 2.05) is 0 Å². The summed E-state index contributed by atoms with van der Waals surface area (Å²) in [5, 5.41) is 0. The molecule has 0 bridgehead atoms. The van der Waals surface area contributed by atoms with Gasteiger partial charge in [-0.2, -0.15) is 13.2 Å². The van der Waals surface area contributed by atoms with Gasteiger partial charge in [0.25, 0.3) is 0 Å². The molecule has 0 fully saturated rings. The van der Waals surface area contributed by atoms with Crippen molar-refractivity contribution in [1.29, 1.82) is 0 Å². The molecule has 0 aromatic carbocycles. The topological polar surface area (TPSA) is 52.0 Å². The average molecular weight is 208 g/mol. The minimum atomic E-state index is -4.48. The zero-order chi connectivity index (χ0) is 10.9. The predicted molar refractivity (Wildman–Crippen MR) is 43.5 cm³/mol. The summed E-state index contributed by atoms with van der Waals surface area (Å²) >= 11 is 0. The van der Waals surface area contributed by atoms with Crippen LogP contribution in [0.3, 0.4) is 0 Å². The molecule has 1 aromatic heterocycles. The minimum absolute atomic E-state index is 0.0824. The molecule has 14 heavy (non-hydrogen) atoms. The van der Waals surface area contributed by atoms with Gasteiger partial charge in [0.15, 0.2) is 5.69 Å². The molecule has 0 aliphatic carbocycles. The Morgan fingerprint density at radius 3 is 2.29 bits per heavy atom.